The summed E-state index contributed by atoms with van der Waals surface area (Å²) >= 11 is 7.23. The van der Waals surface area contributed by atoms with Gasteiger partial charge in [0.2, 0.25) is 11.8 Å². The summed E-state index contributed by atoms with van der Waals surface area (Å²) in [6.45, 7) is 11.1. The minimum Gasteiger partial charge on any atom is -0.467 e. The van der Waals surface area contributed by atoms with E-state index in [1.807, 2.05) is 102 Å². The molecule has 47 heavy (non-hydrogen) atoms. The maximum atomic E-state index is 14.0. The molecule has 3 amide bonds. The number of thiocarbonyl (C=S) groups is 1. The summed E-state index contributed by atoms with van der Waals surface area (Å²) < 4.78 is 5.19. The Morgan fingerprint density at radius 2 is 1.77 bits per heavy atom. The van der Waals surface area contributed by atoms with Crippen LogP contribution in [0.4, 0.5) is 0 Å². The highest BCUT2D eigenvalue weighted by molar-refractivity contribution is 8.00. The first-order valence-electron chi connectivity index (χ1n) is 15.7. The van der Waals surface area contributed by atoms with E-state index in [1.54, 1.807) is 6.20 Å². The number of amides is 3. The normalized spacial score (nSPS) is 17.8. The van der Waals surface area contributed by atoms with Crippen LogP contribution in [0.3, 0.4) is 0 Å². The van der Waals surface area contributed by atoms with Gasteiger partial charge in [0, 0.05) is 21.9 Å². The minimum atomic E-state index is -1.53. The molecule has 10 nitrogen and oxygen atoms in total. The number of rotatable bonds is 12. The average Bonchev–Trinajstić information content (AvgIpc) is 3.35. The molecule has 1 saturated heterocycles. The van der Waals surface area contributed by atoms with Crippen molar-refractivity contribution in [3.63, 3.8) is 0 Å². The maximum Gasteiger partial charge on any atom is 0.258 e. The molecule has 0 unspecified atom stereocenters. The van der Waals surface area contributed by atoms with Crippen LogP contribution in [0.5, 0.6) is 5.88 Å². The Hall–Kier alpha value is -3.74. The fraction of sp³-hybridized carbons (Fsp3) is 0.457. The van der Waals surface area contributed by atoms with Crippen LogP contribution in [-0.4, -0.2) is 84.7 Å². The summed E-state index contributed by atoms with van der Waals surface area (Å²) in [6.07, 6.45) is 0.834. The van der Waals surface area contributed by atoms with Gasteiger partial charge in [0.25, 0.3) is 11.8 Å². The zero-order valence-electron chi connectivity index (χ0n) is 27.8. The topological polar surface area (TPSA) is 133 Å². The lowest BCUT2D eigenvalue weighted by Crippen LogP contribution is -2.61. The molecule has 12 heteroatoms. The van der Waals surface area contributed by atoms with Crippen molar-refractivity contribution < 1.29 is 24.2 Å². The van der Waals surface area contributed by atoms with E-state index >= 15 is 0 Å². The summed E-state index contributed by atoms with van der Waals surface area (Å²) in [5, 5.41) is 22.4. The average molecular weight is 680 g/mol. The van der Waals surface area contributed by atoms with E-state index in [0.29, 0.717) is 12.3 Å². The maximum absolute atomic E-state index is 14.0. The Balaban J connectivity index is 1.47. The van der Waals surface area contributed by atoms with Crippen molar-refractivity contribution in [2.75, 3.05) is 12.5 Å². The number of carbonyl (C=O) groups is 3. The highest BCUT2D eigenvalue weighted by Crippen LogP contribution is 2.40. The van der Waals surface area contributed by atoms with Crippen LogP contribution in [0, 0.1) is 0 Å². The van der Waals surface area contributed by atoms with Crippen LogP contribution in [-0.2, 0) is 20.8 Å². The smallest absolute Gasteiger partial charge is 0.258 e. The number of nitrogens with one attached hydrogen (secondary N) is 3. The zero-order valence-corrected chi connectivity index (χ0v) is 29.4. The van der Waals surface area contributed by atoms with Gasteiger partial charge in [-0.25, -0.2) is 4.98 Å². The summed E-state index contributed by atoms with van der Waals surface area (Å²) in [5.74, 6) is -0.620. The quantitative estimate of drug-likeness (QED) is 0.210. The lowest BCUT2D eigenvalue weighted by Gasteiger charge is -2.35. The van der Waals surface area contributed by atoms with Crippen molar-refractivity contribution in [1.82, 2.24) is 25.8 Å². The number of thioether (sulfide) groups is 1. The molecule has 1 aliphatic rings. The first kappa shape index (κ1) is 36.1. The molecule has 4 N–H and O–H groups in total. The summed E-state index contributed by atoms with van der Waals surface area (Å²) in [6, 6.07) is 16.7. The van der Waals surface area contributed by atoms with Crippen LogP contribution >= 0.6 is 24.0 Å². The minimum absolute atomic E-state index is 0.257. The van der Waals surface area contributed by atoms with Gasteiger partial charge in [-0.3, -0.25) is 14.4 Å². The number of fused-ring (bicyclic) bond motifs is 1. The molecule has 0 aliphatic carbocycles. The van der Waals surface area contributed by atoms with Gasteiger partial charge in [-0.2, -0.15) is 0 Å². The Kier molecular flexibility index (Phi) is 11.9. The molecule has 0 bridgehead atoms. The Bertz CT molecular complexity index is 1570. The summed E-state index contributed by atoms with van der Waals surface area (Å²) in [4.78, 5) is 46.3. The molecule has 1 fully saturated rings. The SMILES string of the molecule is CC[C@@H](NC(=O)COc1nccc2ccccc12)C(=S)N[C@@H](Cc1ccccc1)[C@H](O)C(=O)N1CSC(C)(C)[C@H]1C(=O)NC(C)(C)C. The number of aliphatic hydroxyl groups is 1. The van der Waals surface area contributed by atoms with Gasteiger partial charge in [-0.15, -0.1) is 11.8 Å². The molecule has 0 saturated carbocycles. The third-order valence-corrected chi connectivity index (χ3v) is 9.65. The van der Waals surface area contributed by atoms with E-state index in [1.165, 1.54) is 16.7 Å². The molecule has 0 radical (unpaired) electrons. The van der Waals surface area contributed by atoms with E-state index in [9.17, 15) is 19.5 Å². The number of hydrogen-bond acceptors (Lipinski definition) is 8. The van der Waals surface area contributed by atoms with E-state index in [0.717, 1.165) is 16.3 Å². The summed E-state index contributed by atoms with van der Waals surface area (Å²) in [5.41, 5.74) is 0.388. The van der Waals surface area contributed by atoms with Crippen molar-refractivity contribution in [3.05, 3.63) is 72.4 Å². The molecule has 2 heterocycles. The van der Waals surface area contributed by atoms with Crippen molar-refractivity contribution in [2.45, 2.75) is 88.9 Å². The predicted molar refractivity (Wildman–Crippen MR) is 190 cm³/mol. The van der Waals surface area contributed by atoms with Crippen molar-refractivity contribution in [2.24, 2.45) is 0 Å². The predicted octanol–water partition coefficient (Wildman–Crippen LogP) is 3.99. The number of nitrogens with zero attached hydrogens (tertiary/aromatic N) is 2. The highest BCUT2D eigenvalue weighted by atomic mass is 32.2. The second kappa shape index (κ2) is 15.4. The third-order valence-electron chi connectivity index (χ3n) is 7.87. The van der Waals surface area contributed by atoms with Gasteiger partial charge < -0.3 is 30.7 Å². The molecule has 2 aromatic carbocycles. The molecule has 4 rings (SSSR count). The first-order chi connectivity index (χ1) is 22.2. The van der Waals surface area contributed by atoms with E-state index in [-0.39, 0.29) is 29.8 Å². The Morgan fingerprint density at radius 3 is 2.45 bits per heavy atom. The van der Waals surface area contributed by atoms with Gasteiger partial charge in [0.05, 0.1) is 22.9 Å². The van der Waals surface area contributed by atoms with Gasteiger partial charge in [0.15, 0.2) is 12.7 Å². The molecule has 1 aromatic heterocycles. The molecule has 252 valence electrons. The highest BCUT2D eigenvalue weighted by Gasteiger charge is 2.50. The number of hydrogen-bond donors (Lipinski definition) is 4. The number of aliphatic hydroxyl groups excluding tert-OH is 1. The first-order valence-corrected chi connectivity index (χ1v) is 17.1. The second-order valence-electron chi connectivity index (χ2n) is 13.2. The Morgan fingerprint density at radius 1 is 1.09 bits per heavy atom. The Labute approximate surface area is 286 Å². The second-order valence-corrected chi connectivity index (χ2v) is 15.3. The molecule has 3 aromatic rings. The van der Waals surface area contributed by atoms with Crippen molar-refractivity contribution in [3.8, 4) is 5.88 Å². The number of ether oxygens (including phenoxy) is 1. The number of aromatic nitrogens is 1. The third kappa shape index (κ3) is 9.42. The molecule has 4 atom stereocenters. The van der Waals surface area contributed by atoms with Gasteiger partial charge in [0.1, 0.15) is 6.04 Å². The van der Waals surface area contributed by atoms with Gasteiger partial charge in [-0.1, -0.05) is 67.7 Å². The van der Waals surface area contributed by atoms with E-state index < -0.39 is 46.3 Å². The van der Waals surface area contributed by atoms with Gasteiger partial charge in [-0.05, 0) is 70.5 Å². The molecule has 1 aliphatic heterocycles. The number of carbonyl (C=O) groups excluding carboxylic acids is 3. The van der Waals surface area contributed by atoms with E-state index in [4.69, 9.17) is 17.0 Å². The largest absolute Gasteiger partial charge is 0.467 e. The molecule has 0 spiro atoms. The fourth-order valence-electron chi connectivity index (χ4n) is 5.52. The lowest BCUT2D eigenvalue weighted by atomic mass is 9.96. The molecular formula is C35H45N5O5S2. The van der Waals surface area contributed by atoms with E-state index in [2.05, 4.69) is 20.9 Å². The summed E-state index contributed by atoms with van der Waals surface area (Å²) in [7, 11) is 0. The number of pyridine rings is 1. The van der Waals surface area contributed by atoms with Crippen molar-refractivity contribution >= 4 is 57.5 Å². The van der Waals surface area contributed by atoms with Crippen molar-refractivity contribution in [1.29, 1.82) is 0 Å². The van der Waals surface area contributed by atoms with Crippen LogP contribution < -0.4 is 20.7 Å². The standard InChI is InChI=1S/C35H45N5O5S2/c1-7-25(37-27(41)20-45-31-24-16-12-11-15-23(24)17-18-36-31)32(46)38-26(19-22-13-9-8-10-14-22)28(42)33(44)40-21-47-35(5,6)29(40)30(43)39-34(2,3)4/h8-18,25-26,28-29,42H,7,19-21H2,1-6H3,(H,37,41)(H,38,46)(H,39,43)/t25-,26+,28+,29-/m1/s1. The fourth-order valence-corrected chi connectivity index (χ4v) is 7.03. The van der Waals surface area contributed by atoms with Crippen LogP contribution in [0.15, 0.2) is 66.9 Å². The molecular weight excluding hydrogens is 635 g/mol. The monoisotopic (exact) mass is 679 g/mol. The lowest BCUT2D eigenvalue weighted by molar-refractivity contribution is -0.147. The van der Waals surface area contributed by atoms with Crippen LogP contribution in [0.25, 0.3) is 10.8 Å². The zero-order chi connectivity index (χ0) is 34.4. The van der Waals surface area contributed by atoms with Crippen LogP contribution in [0.1, 0.15) is 53.5 Å². The number of benzene rings is 2. The van der Waals surface area contributed by atoms with Crippen LogP contribution in [0.2, 0.25) is 0 Å². The van der Waals surface area contributed by atoms with Gasteiger partial charge >= 0.3 is 0 Å².